The molecule has 0 aliphatic rings. The monoisotopic (exact) mass is 361 g/mol. The number of hydrogen-bond donors (Lipinski definition) is 1. The van der Waals surface area contributed by atoms with Gasteiger partial charge in [0, 0.05) is 28.9 Å². The van der Waals surface area contributed by atoms with E-state index in [0.29, 0.717) is 11.1 Å². The van der Waals surface area contributed by atoms with Crippen LogP contribution >= 0.6 is 15.9 Å². The average molecular weight is 362 g/mol. The number of nitrogens with zero attached hydrogens (tertiary/aromatic N) is 1. The predicted octanol–water partition coefficient (Wildman–Crippen LogP) is 4.02. The van der Waals surface area contributed by atoms with Crippen LogP contribution in [0.5, 0.6) is 5.75 Å². The summed E-state index contributed by atoms with van der Waals surface area (Å²) in [7, 11) is 0. The molecule has 0 aliphatic heterocycles. The summed E-state index contributed by atoms with van der Waals surface area (Å²) in [6, 6.07) is 7.13. The first-order chi connectivity index (χ1) is 9.83. The van der Waals surface area contributed by atoms with Crippen molar-refractivity contribution in [2.75, 3.05) is 0 Å². The molecular weight excluding hydrogens is 351 g/mol. The zero-order valence-electron chi connectivity index (χ0n) is 10.6. The van der Waals surface area contributed by atoms with Crippen LogP contribution in [0.1, 0.15) is 17.2 Å². The topological polar surface area (TPSA) is 42.4 Å². The second-order valence-electron chi connectivity index (χ2n) is 4.35. The fourth-order valence-electron chi connectivity index (χ4n) is 1.78. The molecule has 0 amide bonds. The van der Waals surface area contributed by atoms with E-state index in [1.807, 2.05) is 0 Å². The zero-order valence-corrected chi connectivity index (χ0v) is 12.2. The van der Waals surface area contributed by atoms with Gasteiger partial charge in [0.2, 0.25) is 0 Å². The van der Waals surface area contributed by atoms with E-state index in [4.69, 9.17) is 0 Å². The lowest BCUT2D eigenvalue weighted by molar-refractivity contribution is -0.274. The molecule has 0 saturated heterocycles. The number of ether oxygens (including phenoxy) is 1. The predicted molar refractivity (Wildman–Crippen MR) is 73.7 cm³/mol. The number of benzene rings is 1. The molecule has 1 atom stereocenters. The van der Waals surface area contributed by atoms with Gasteiger partial charge in [-0.15, -0.1) is 13.2 Å². The minimum atomic E-state index is -4.71. The molecule has 0 bridgehead atoms. The van der Waals surface area contributed by atoms with Crippen molar-refractivity contribution < 1.29 is 23.0 Å². The van der Waals surface area contributed by atoms with Gasteiger partial charge in [0.25, 0.3) is 0 Å². The van der Waals surface area contributed by atoms with Crippen LogP contribution in [0.15, 0.2) is 47.2 Å². The summed E-state index contributed by atoms with van der Waals surface area (Å²) in [5.41, 5.74) is 1.32. The summed E-state index contributed by atoms with van der Waals surface area (Å²) in [6.07, 6.45) is -2.09. The van der Waals surface area contributed by atoms with Gasteiger partial charge in [-0.1, -0.05) is 12.1 Å². The average Bonchev–Trinajstić information content (AvgIpc) is 2.39. The van der Waals surface area contributed by atoms with Crippen LogP contribution < -0.4 is 4.74 Å². The Balaban J connectivity index is 2.03. The Bertz CT molecular complexity index is 602. The van der Waals surface area contributed by atoms with E-state index in [1.54, 1.807) is 12.3 Å². The van der Waals surface area contributed by atoms with Crippen molar-refractivity contribution >= 4 is 15.9 Å². The van der Waals surface area contributed by atoms with E-state index in [-0.39, 0.29) is 12.2 Å². The molecule has 1 aromatic carbocycles. The number of alkyl halides is 3. The maximum Gasteiger partial charge on any atom is 0.573 e. The van der Waals surface area contributed by atoms with Crippen LogP contribution in [0.2, 0.25) is 0 Å². The van der Waals surface area contributed by atoms with Gasteiger partial charge in [0.15, 0.2) is 0 Å². The Kier molecular flexibility index (Phi) is 4.84. The van der Waals surface area contributed by atoms with Crippen LogP contribution in [-0.2, 0) is 6.42 Å². The van der Waals surface area contributed by atoms with E-state index >= 15 is 0 Å². The Hall–Kier alpha value is -1.60. The fourth-order valence-corrected chi connectivity index (χ4v) is 2.16. The molecule has 0 spiro atoms. The first kappa shape index (κ1) is 15.8. The molecule has 7 heteroatoms. The fraction of sp³-hybridized carbons (Fsp3) is 0.214. The van der Waals surface area contributed by atoms with E-state index < -0.39 is 12.5 Å². The van der Waals surface area contributed by atoms with Crippen LogP contribution in [0.25, 0.3) is 0 Å². The highest BCUT2D eigenvalue weighted by Crippen LogP contribution is 2.25. The summed E-state index contributed by atoms with van der Waals surface area (Å²) < 4.78 is 40.6. The number of pyridine rings is 1. The third kappa shape index (κ3) is 5.02. The molecule has 1 aromatic heterocycles. The number of hydrogen-bond acceptors (Lipinski definition) is 3. The number of aromatic nitrogens is 1. The molecule has 0 aliphatic carbocycles. The lowest BCUT2D eigenvalue weighted by Crippen LogP contribution is -2.17. The largest absolute Gasteiger partial charge is 0.573 e. The number of aliphatic hydroxyl groups is 1. The van der Waals surface area contributed by atoms with E-state index in [2.05, 4.69) is 25.7 Å². The van der Waals surface area contributed by atoms with Crippen molar-refractivity contribution in [2.45, 2.75) is 18.9 Å². The Morgan fingerprint density at radius 3 is 2.43 bits per heavy atom. The van der Waals surface area contributed by atoms with Crippen LogP contribution in [0, 0.1) is 0 Å². The van der Waals surface area contributed by atoms with Gasteiger partial charge < -0.3 is 9.84 Å². The smallest absolute Gasteiger partial charge is 0.406 e. The maximum atomic E-state index is 12.0. The second-order valence-corrected chi connectivity index (χ2v) is 5.26. The van der Waals surface area contributed by atoms with Crippen molar-refractivity contribution in [3.8, 4) is 5.75 Å². The maximum absolute atomic E-state index is 12.0. The quantitative estimate of drug-likeness (QED) is 0.894. The number of rotatable bonds is 4. The van der Waals surface area contributed by atoms with Crippen molar-refractivity contribution in [3.05, 3.63) is 58.3 Å². The van der Waals surface area contributed by atoms with Crippen molar-refractivity contribution in [3.63, 3.8) is 0 Å². The second kappa shape index (κ2) is 6.44. The highest BCUT2D eigenvalue weighted by molar-refractivity contribution is 9.10. The highest BCUT2D eigenvalue weighted by atomic mass is 79.9. The number of halogens is 4. The SMILES string of the molecule is OC(Cc1ccc(OC(F)(F)F)cc1)c1cncc(Br)c1. The standard InChI is InChI=1S/C14H11BrF3NO2/c15-11-6-10(7-19-8-11)13(20)5-9-1-3-12(4-2-9)21-14(16,17)18/h1-4,6-8,13,20H,5H2. The normalized spacial score (nSPS) is 13.0. The minimum absolute atomic E-state index is 0.268. The summed E-state index contributed by atoms with van der Waals surface area (Å²) in [4.78, 5) is 3.95. The van der Waals surface area contributed by atoms with Crippen LogP contribution in [-0.4, -0.2) is 16.5 Å². The minimum Gasteiger partial charge on any atom is -0.406 e. The highest BCUT2D eigenvalue weighted by Gasteiger charge is 2.30. The number of aliphatic hydroxyl groups excluding tert-OH is 1. The molecule has 112 valence electrons. The molecule has 1 unspecified atom stereocenters. The molecule has 21 heavy (non-hydrogen) atoms. The lowest BCUT2D eigenvalue weighted by atomic mass is 10.0. The molecule has 0 radical (unpaired) electrons. The van der Waals surface area contributed by atoms with Crippen LogP contribution in [0.3, 0.4) is 0 Å². The third-order valence-corrected chi connectivity index (χ3v) is 3.13. The van der Waals surface area contributed by atoms with Crippen molar-refractivity contribution in [1.29, 1.82) is 0 Å². The summed E-state index contributed by atoms with van der Waals surface area (Å²) in [5.74, 6) is -0.287. The molecular formula is C14H11BrF3NO2. The Labute approximate surface area is 127 Å². The summed E-state index contributed by atoms with van der Waals surface area (Å²) in [6.45, 7) is 0. The molecule has 1 N–H and O–H groups in total. The molecule has 1 heterocycles. The Morgan fingerprint density at radius 2 is 1.86 bits per heavy atom. The Morgan fingerprint density at radius 1 is 1.19 bits per heavy atom. The summed E-state index contributed by atoms with van der Waals surface area (Å²) >= 11 is 3.26. The molecule has 2 rings (SSSR count). The van der Waals surface area contributed by atoms with Gasteiger partial charge >= 0.3 is 6.36 Å². The first-order valence-corrected chi connectivity index (χ1v) is 6.76. The molecule has 2 aromatic rings. The zero-order chi connectivity index (χ0) is 15.5. The van der Waals surface area contributed by atoms with E-state index in [9.17, 15) is 18.3 Å². The molecule has 3 nitrogen and oxygen atoms in total. The lowest BCUT2D eigenvalue weighted by Gasteiger charge is -2.12. The molecule has 0 fully saturated rings. The van der Waals surface area contributed by atoms with Gasteiger partial charge in [-0.2, -0.15) is 0 Å². The van der Waals surface area contributed by atoms with Gasteiger partial charge in [-0.3, -0.25) is 4.98 Å². The summed E-state index contributed by atoms with van der Waals surface area (Å²) in [5, 5.41) is 10.1. The van der Waals surface area contributed by atoms with Gasteiger partial charge in [0.05, 0.1) is 6.10 Å². The van der Waals surface area contributed by atoms with Gasteiger partial charge in [-0.25, -0.2) is 0 Å². The van der Waals surface area contributed by atoms with E-state index in [1.165, 1.54) is 30.5 Å². The third-order valence-electron chi connectivity index (χ3n) is 2.70. The van der Waals surface area contributed by atoms with E-state index in [0.717, 1.165) is 4.47 Å². The van der Waals surface area contributed by atoms with Crippen molar-refractivity contribution in [1.82, 2.24) is 4.98 Å². The van der Waals surface area contributed by atoms with Crippen LogP contribution in [0.4, 0.5) is 13.2 Å². The van der Waals surface area contributed by atoms with Crippen molar-refractivity contribution in [2.24, 2.45) is 0 Å². The van der Waals surface area contributed by atoms with Gasteiger partial charge in [0.1, 0.15) is 5.75 Å². The van der Waals surface area contributed by atoms with Gasteiger partial charge in [-0.05, 0) is 39.7 Å². The first-order valence-electron chi connectivity index (χ1n) is 5.97. The molecule has 0 saturated carbocycles.